The van der Waals surface area contributed by atoms with E-state index in [2.05, 4.69) is 0 Å². The average molecular weight is 214 g/mol. The minimum absolute atomic E-state index is 0.544. The van der Waals surface area contributed by atoms with Crippen molar-refractivity contribution in [2.45, 2.75) is 6.54 Å². The van der Waals surface area contributed by atoms with E-state index in [9.17, 15) is 0 Å². The molecule has 0 bridgehead atoms. The SMILES string of the molecule is NCc1ccc(Oc2ccc(N)cc2)cc1. The zero-order valence-electron chi connectivity index (χ0n) is 8.89. The molecule has 2 rings (SSSR count). The lowest BCUT2D eigenvalue weighted by Crippen LogP contribution is -1.95. The highest BCUT2D eigenvalue weighted by Crippen LogP contribution is 2.22. The summed E-state index contributed by atoms with van der Waals surface area (Å²) in [6.07, 6.45) is 0. The van der Waals surface area contributed by atoms with Crippen LogP contribution in [0.15, 0.2) is 48.5 Å². The Morgan fingerprint density at radius 1 is 0.812 bits per heavy atom. The summed E-state index contributed by atoms with van der Waals surface area (Å²) >= 11 is 0. The van der Waals surface area contributed by atoms with Gasteiger partial charge in [-0.3, -0.25) is 0 Å². The van der Waals surface area contributed by atoms with Crippen LogP contribution in [0.1, 0.15) is 5.56 Å². The highest BCUT2D eigenvalue weighted by molar-refractivity contribution is 5.43. The predicted molar refractivity (Wildman–Crippen MR) is 65.3 cm³/mol. The van der Waals surface area contributed by atoms with Gasteiger partial charge in [-0.05, 0) is 42.0 Å². The Balaban J connectivity index is 2.11. The minimum atomic E-state index is 0.544. The van der Waals surface area contributed by atoms with E-state index < -0.39 is 0 Å². The van der Waals surface area contributed by atoms with Gasteiger partial charge in [-0.1, -0.05) is 12.1 Å². The van der Waals surface area contributed by atoms with Gasteiger partial charge in [-0.15, -0.1) is 0 Å². The van der Waals surface area contributed by atoms with Crippen molar-refractivity contribution in [2.75, 3.05) is 5.73 Å². The van der Waals surface area contributed by atoms with Crippen molar-refractivity contribution in [3.63, 3.8) is 0 Å². The molecule has 0 fully saturated rings. The highest BCUT2D eigenvalue weighted by Gasteiger charge is 1.97. The van der Waals surface area contributed by atoms with Crippen molar-refractivity contribution in [3.8, 4) is 11.5 Å². The maximum absolute atomic E-state index is 5.64. The number of nitrogens with two attached hydrogens (primary N) is 2. The van der Waals surface area contributed by atoms with Crippen LogP contribution in [-0.4, -0.2) is 0 Å². The lowest BCUT2D eigenvalue weighted by atomic mass is 10.2. The van der Waals surface area contributed by atoms with Gasteiger partial charge >= 0.3 is 0 Å². The molecule has 3 heteroatoms. The van der Waals surface area contributed by atoms with Gasteiger partial charge in [-0.25, -0.2) is 0 Å². The Labute approximate surface area is 94.6 Å². The molecule has 0 aliphatic carbocycles. The largest absolute Gasteiger partial charge is 0.457 e. The Morgan fingerprint density at radius 2 is 1.31 bits per heavy atom. The number of ether oxygens (including phenoxy) is 1. The van der Waals surface area contributed by atoms with Crippen LogP contribution in [0.25, 0.3) is 0 Å². The molecule has 82 valence electrons. The molecular formula is C13H14N2O. The molecule has 0 aromatic heterocycles. The smallest absolute Gasteiger partial charge is 0.127 e. The maximum Gasteiger partial charge on any atom is 0.127 e. The quantitative estimate of drug-likeness (QED) is 0.772. The van der Waals surface area contributed by atoms with Crippen LogP contribution in [0, 0.1) is 0 Å². The first kappa shape index (κ1) is 10.5. The van der Waals surface area contributed by atoms with Gasteiger partial charge in [0, 0.05) is 12.2 Å². The van der Waals surface area contributed by atoms with Gasteiger partial charge < -0.3 is 16.2 Å². The van der Waals surface area contributed by atoms with Crippen LogP contribution >= 0.6 is 0 Å². The predicted octanol–water partition coefficient (Wildman–Crippen LogP) is 2.52. The standard InChI is InChI=1S/C13H14N2O/c14-9-10-1-5-12(6-2-10)16-13-7-3-11(15)4-8-13/h1-8H,9,14-15H2. The first-order chi connectivity index (χ1) is 7.78. The third-order valence-corrected chi connectivity index (χ3v) is 2.27. The Morgan fingerprint density at radius 3 is 1.81 bits per heavy atom. The Kier molecular flexibility index (Phi) is 3.08. The normalized spacial score (nSPS) is 10.1. The molecule has 3 nitrogen and oxygen atoms in total. The molecular weight excluding hydrogens is 200 g/mol. The van der Waals surface area contributed by atoms with Crippen molar-refractivity contribution >= 4 is 5.69 Å². The molecule has 0 unspecified atom stereocenters. The summed E-state index contributed by atoms with van der Waals surface area (Å²) in [5.41, 5.74) is 12.9. The number of rotatable bonds is 3. The van der Waals surface area contributed by atoms with E-state index in [1.807, 2.05) is 48.5 Å². The number of hydrogen-bond donors (Lipinski definition) is 2. The summed E-state index contributed by atoms with van der Waals surface area (Å²) in [6.45, 7) is 0.544. The van der Waals surface area contributed by atoms with E-state index in [1.54, 1.807) is 0 Å². The molecule has 0 aliphatic heterocycles. The van der Waals surface area contributed by atoms with E-state index in [1.165, 1.54) is 0 Å². The van der Waals surface area contributed by atoms with Gasteiger partial charge in [0.15, 0.2) is 0 Å². The lowest BCUT2D eigenvalue weighted by molar-refractivity contribution is 0.482. The van der Waals surface area contributed by atoms with Crippen molar-refractivity contribution in [1.29, 1.82) is 0 Å². The molecule has 0 saturated carbocycles. The van der Waals surface area contributed by atoms with Crippen LogP contribution in [-0.2, 0) is 6.54 Å². The fourth-order valence-corrected chi connectivity index (χ4v) is 1.37. The molecule has 0 heterocycles. The molecule has 0 saturated heterocycles. The zero-order valence-corrected chi connectivity index (χ0v) is 8.89. The van der Waals surface area contributed by atoms with Crippen LogP contribution in [0.3, 0.4) is 0 Å². The van der Waals surface area contributed by atoms with Crippen molar-refractivity contribution < 1.29 is 4.74 Å². The van der Waals surface area contributed by atoms with E-state index in [0.29, 0.717) is 6.54 Å². The molecule has 2 aromatic rings. The first-order valence-corrected chi connectivity index (χ1v) is 5.10. The molecule has 16 heavy (non-hydrogen) atoms. The molecule has 2 aromatic carbocycles. The van der Waals surface area contributed by atoms with Crippen molar-refractivity contribution in [1.82, 2.24) is 0 Å². The van der Waals surface area contributed by atoms with Gasteiger partial charge in [-0.2, -0.15) is 0 Å². The van der Waals surface area contributed by atoms with Crippen LogP contribution in [0.4, 0.5) is 5.69 Å². The molecule has 0 atom stereocenters. The van der Waals surface area contributed by atoms with Crippen LogP contribution in [0.5, 0.6) is 11.5 Å². The van der Waals surface area contributed by atoms with Crippen molar-refractivity contribution in [3.05, 3.63) is 54.1 Å². The Bertz CT molecular complexity index is 448. The monoisotopic (exact) mass is 214 g/mol. The van der Waals surface area contributed by atoms with Crippen LogP contribution < -0.4 is 16.2 Å². The van der Waals surface area contributed by atoms with Gasteiger partial charge in [0.2, 0.25) is 0 Å². The highest BCUT2D eigenvalue weighted by atomic mass is 16.5. The second-order valence-corrected chi connectivity index (χ2v) is 3.52. The van der Waals surface area contributed by atoms with E-state index in [4.69, 9.17) is 16.2 Å². The van der Waals surface area contributed by atoms with E-state index in [0.717, 1.165) is 22.7 Å². The number of benzene rings is 2. The number of nitrogen functional groups attached to an aromatic ring is 1. The van der Waals surface area contributed by atoms with Gasteiger partial charge in [0.1, 0.15) is 11.5 Å². The summed E-state index contributed by atoms with van der Waals surface area (Å²) < 4.78 is 5.64. The molecule has 0 amide bonds. The Hall–Kier alpha value is -2.00. The van der Waals surface area contributed by atoms with Crippen LogP contribution in [0.2, 0.25) is 0 Å². The van der Waals surface area contributed by atoms with Gasteiger partial charge in [0.25, 0.3) is 0 Å². The minimum Gasteiger partial charge on any atom is -0.457 e. The number of anilines is 1. The second kappa shape index (κ2) is 4.68. The second-order valence-electron chi connectivity index (χ2n) is 3.52. The number of hydrogen-bond acceptors (Lipinski definition) is 3. The fourth-order valence-electron chi connectivity index (χ4n) is 1.37. The molecule has 0 radical (unpaired) electrons. The molecule has 0 spiro atoms. The lowest BCUT2D eigenvalue weighted by Gasteiger charge is -2.06. The maximum atomic E-state index is 5.64. The summed E-state index contributed by atoms with van der Waals surface area (Å²) in [7, 11) is 0. The third kappa shape index (κ3) is 2.52. The summed E-state index contributed by atoms with van der Waals surface area (Å²) in [6, 6.07) is 15.0. The topological polar surface area (TPSA) is 61.3 Å². The van der Waals surface area contributed by atoms with E-state index >= 15 is 0 Å². The average Bonchev–Trinajstić information content (AvgIpc) is 2.33. The molecule has 0 aliphatic rings. The fraction of sp³-hybridized carbons (Fsp3) is 0.0769. The van der Waals surface area contributed by atoms with Crippen molar-refractivity contribution in [2.24, 2.45) is 5.73 Å². The summed E-state index contributed by atoms with van der Waals surface area (Å²) in [5, 5.41) is 0. The first-order valence-electron chi connectivity index (χ1n) is 5.10. The third-order valence-electron chi connectivity index (χ3n) is 2.27. The molecule has 4 N–H and O–H groups in total. The van der Waals surface area contributed by atoms with E-state index in [-0.39, 0.29) is 0 Å². The summed E-state index contributed by atoms with van der Waals surface area (Å²) in [5.74, 6) is 1.57. The summed E-state index contributed by atoms with van der Waals surface area (Å²) in [4.78, 5) is 0. The zero-order chi connectivity index (χ0) is 11.4. The van der Waals surface area contributed by atoms with Gasteiger partial charge in [0.05, 0.1) is 0 Å².